The highest BCUT2D eigenvalue weighted by atomic mass is 16.4. The molecule has 0 aromatic carbocycles. The standard InChI is InChI=1S/C16H19N3O3/c1-11-12(4-7-21-11)16(20)19-8-13-14(9-19)22-15(17-13)10-18-5-2-3-6-18/h4,7H,2-3,5-6,8-10H2,1H3. The van der Waals surface area contributed by atoms with E-state index in [1.54, 1.807) is 24.2 Å². The van der Waals surface area contributed by atoms with E-state index in [4.69, 9.17) is 8.83 Å². The van der Waals surface area contributed by atoms with Crippen LogP contribution in [0.2, 0.25) is 0 Å². The van der Waals surface area contributed by atoms with E-state index in [-0.39, 0.29) is 5.91 Å². The van der Waals surface area contributed by atoms with Crippen molar-refractivity contribution in [1.29, 1.82) is 0 Å². The lowest BCUT2D eigenvalue weighted by molar-refractivity contribution is 0.0739. The summed E-state index contributed by atoms with van der Waals surface area (Å²) in [7, 11) is 0. The second-order valence-corrected chi connectivity index (χ2v) is 6.01. The SMILES string of the molecule is Cc1occc1C(=O)N1Cc2nc(CN3CCCC3)oc2C1. The zero-order valence-corrected chi connectivity index (χ0v) is 12.7. The van der Waals surface area contributed by atoms with Gasteiger partial charge in [0.15, 0.2) is 0 Å². The summed E-state index contributed by atoms with van der Waals surface area (Å²) in [5, 5.41) is 0. The molecule has 116 valence electrons. The summed E-state index contributed by atoms with van der Waals surface area (Å²) < 4.78 is 11.1. The molecule has 0 saturated carbocycles. The first-order valence-electron chi connectivity index (χ1n) is 7.74. The number of rotatable bonds is 3. The van der Waals surface area contributed by atoms with Gasteiger partial charge in [-0.2, -0.15) is 0 Å². The number of hydrogen-bond acceptors (Lipinski definition) is 5. The molecule has 2 aromatic rings. The summed E-state index contributed by atoms with van der Waals surface area (Å²) in [6.07, 6.45) is 4.06. The van der Waals surface area contributed by atoms with Crippen LogP contribution >= 0.6 is 0 Å². The molecule has 1 fully saturated rings. The molecular weight excluding hydrogens is 282 g/mol. The first kappa shape index (κ1) is 13.6. The van der Waals surface area contributed by atoms with Crippen molar-refractivity contribution in [3.8, 4) is 0 Å². The molecule has 0 unspecified atom stereocenters. The van der Waals surface area contributed by atoms with Crippen LogP contribution in [0, 0.1) is 6.92 Å². The summed E-state index contributed by atoms with van der Waals surface area (Å²) in [6.45, 7) is 5.83. The Balaban J connectivity index is 1.44. The van der Waals surface area contributed by atoms with Crippen molar-refractivity contribution in [2.75, 3.05) is 13.1 Å². The van der Waals surface area contributed by atoms with E-state index >= 15 is 0 Å². The third kappa shape index (κ3) is 2.33. The fourth-order valence-corrected chi connectivity index (χ4v) is 3.21. The molecule has 0 spiro atoms. The summed E-state index contributed by atoms with van der Waals surface area (Å²) in [6, 6.07) is 1.71. The quantitative estimate of drug-likeness (QED) is 0.870. The van der Waals surface area contributed by atoms with E-state index < -0.39 is 0 Å². The van der Waals surface area contributed by atoms with E-state index in [0.717, 1.165) is 37.0 Å². The van der Waals surface area contributed by atoms with Crippen molar-refractivity contribution < 1.29 is 13.6 Å². The van der Waals surface area contributed by atoms with E-state index in [1.807, 2.05) is 0 Å². The Bertz CT molecular complexity index is 674. The maximum Gasteiger partial charge on any atom is 0.258 e. The van der Waals surface area contributed by atoms with Crippen LogP contribution in [0.25, 0.3) is 0 Å². The summed E-state index contributed by atoms with van der Waals surface area (Å²) in [5.41, 5.74) is 1.51. The lowest BCUT2D eigenvalue weighted by Gasteiger charge is -2.15. The molecule has 0 radical (unpaired) electrons. The third-order valence-electron chi connectivity index (χ3n) is 4.43. The number of nitrogens with zero attached hydrogens (tertiary/aromatic N) is 3. The van der Waals surface area contributed by atoms with Crippen molar-refractivity contribution in [3.05, 3.63) is 41.0 Å². The number of fused-ring (bicyclic) bond motifs is 1. The predicted molar refractivity (Wildman–Crippen MR) is 78.0 cm³/mol. The van der Waals surface area contributed by atoms with Gasteiger partial charge in [0.2, 0.25) is 5.89 Å². The summed E-state index contributed by atoms with van der Waals surface area (Å²) in [5.74, 6) is 2.22. The Labute approximate surface area is 128 Å². The van der Waals surface area contributed by atoms with Gasteiger partial charge in [0.25, 0.3) is 5.91 Å². The van der Waals surface area contributed by atoms with Crippen LogP contribution in [0.15, 0.2) is 21.2 Å². The number of aromatic nitrogens is 1. The molecule has 6 heteroatoms. The van der Waals surface area contributed by atoms with Crippen LogP contribution in [0.3, 0.4) is 0 Å². The highest BCUT2D eigenvalue weighted by Crippen LogP contribution is 2.26. The average molecular weight is 301 g/mol. The number of likely N-dealkylation sites (tertiary alicyclic amines) is 1. The van der Waals surface area contributed by atoms with Gasteiger partial charge in [0.05, 0.1) is 31.5 Å². The van der Waals surface area contributed by atoms with E-state index in [1.165, 1.54) is 12.8 Å². The number of amides is 1. The number of hydrogen-bond donors (Lipinski definition) is 0. The lowest BCUT2D eigenvalue weighted by atomic mass is 10.2. The van der Waals surface area contributed by atoms with Gasteiger partial charge in [0, 0.05) is 0 Å². The number of carbonyl (C=O) groups is 1. The van der Waals surface area contributed by atoms with Crippen LogP contribution in [0.5, 0.6) is 0 Å². The van der Waals surface area contributed by atoms with E-state index in [9.17, 15) is 4.79 Å². The molecular formula is C16H19N3O3. The monoisotopic (exact) mass is 301 g/mol. The van der Waals surface area contributed by atoms with Gasteiger partial charge in [-0.1, -0.05) is 0 Å². The molecule has 0 N–H and O–H groups in total. The zero-order chi connectivity index (χ0) is 15.1. The van der Waals surface area contributed by atoms with Gasteiger partial charge in [-0.3, -0.25) is 9.69 Å². The maximum atomic E-state index is 12.4. The number of carbonyl (C=O) groups excluding carboxylic acids is 1. The molecule has 2 aliphatic heterocycles. The van der Waals surface area contributed by atoms with Gasteiger partial charge in [-0.05, 0) is 38.9 Å². The van der Waals surface area contributed by atoms with Gasteiger partial charge in [0.1, 0.15) is 17.2 Å². The molecule has 0 atom stereocenters. The fraction of sp³-hybridized carbons (Fsp3) is 0.500. The molecule has 2 aliphatic rings. The molecule has 6 nitrogen and oxygen atoms in total. The Morgan fingerprint density at radius 1 is 1.32 bits per heavy atom. The van der Waals surface area contributed by atoms with Crippen LogP contribution in [0.4, 0.5) is 0 Å². The molecule has 1 saturated heterocycles. The van der Waals surface area contributed by atoms with Gasteiger partial charge >= 0.3 is 0 Å². The van der Waals surface area contributed by atoms with E-state index in [0.29, 0.717) is 24.4 Å². The van der Waals surface area contributed by atoms with Crippen LogP contribution < -0.4 is 0 Å². The Kier molecular flexibility index (Phi) is 3.26. The molecule has 22 heavy (non-hydrogen) atoms. The van der Waals surface area contributed by atoms with Crippen molar-refractivity contribution in [2.45, 2.75) is 39.4 Å². The smallest absolute Gasteiger partial charge is 0.258 e. The molecule has 2 aromatic heterocycles. The van der Waals surface area contributed by atoms with Crippen molar-refractivity contribution in [1.82, 2.24) is 14.8 Å². The minimum Gasteiger partial charge on any atom is -0.469 e. The summed E-state index contributed by atoms with van der Waals surface area (Å²) in [4.78, 5) is 21.1. The number of aryl methyl sites for hydroxylation is 1. The Morgan fingerprint density at radius 2 is 2.14 bits per heavy atom. The predicted octanol–water partition coefficient (Wildman–Crippen LogP) is 2.33. The van der Waals surface area contributed by atoms with Crippen molar-refractivity contribution >= 4 is 5.91 Å². The third-order valence-corrected chi connectivity index (χ3v) is 4.43. The maximum absolute atomic E-state index is 12.4. The van der Waals surface area contributed by atoms with Crippen molar-refractivity contribution in [3.63, 3.8) is 0 Å². The number of oxazole rings is 1. The Hall–Kier alpha value is -2.08. The highest BCUT2D eigenvalue weighted by molar-refractivity contribution is 5.95. The number of furan rings is 1. The topological polar surface area (TPSA) is 62.7 Å². The second-order valence-electron chi connectivity index (χ2n) is 6.01. The normalized spacial score (nSPS) is 18.1. The highest BCUT2D eigenvalue weighted by Gasteiger charge is 2.31. The molecule has 0 bridgehead atoms. The lowest BCUT2D eigenvalue weighted by Crippen LogP contribution is -2.26. The van der Waals surface area contributed by atoms with Gasteiger partial charge < -0.3 is 13.7 Å². The minimum atomic E-state index is -0.0273. The minimum absolute atomic E-state index is 0.0273. The average Bonchev–Trinajstić information content (AvgIpc) is 3.22. The molecule has 1 amide bonds. The second kappa shape index (κ2) is 5.28. The molecule has 4 heterocycles. The molecule has 4 rings (SSSR count). The van der Waals surface area contributed by atoms with Crippen LogP contribution in [-0.2, 0) is 19.6 Å². The fourth-order valence-electron chi connectivity index (χ4n) is 3.21. The largest absolute Gasteiger partial charge is 0.469 e. The molecule has 0 aliphatic carbocycles. The first-order valence-corrected chi connectivity index (χ1v) is 7.74. The summed E-state index contributed by atoms with van der Waals surface area (Å²) >= 11 is 0. The Morgan fingerprint density at radius 3 is 2.82 bits per heavy atom. The van der Waals surface area contributed by atoms with Gasteiger partial charge in [-0.15, -0.1) is 0 Å². The van der Waals surface area contributed by atoms with E-state index in [2.05, 4.69) is 9.88 Å². The van der Waals surface area contributed by atoms with Crippen LogP contribution in [-0.4, -0.2) is 33.8 Å². The van der Waals surface area contributed by atoms with Gasteiger partial charge in [-0.25, -0.2) is 4.98 Å². The van der Waals surface area contributed by atoms with Crippen LogP contribution in [0.1, 0.15) is 46.3 Å². The zero-order valence-electron chi connectivity index (χ0n) is 12.7. The van der Waals surface area contributed by atoms with Crippen molar-refractivity contribution in [2.24, 2.45) is 0 Å². The first-order chi connectivity index (χ1) is 10.7.